The molecule has 2 nitrogen and oxygen atoms in total. The summed E-state index contributed by atoms with van der Waals surface area (Å²) >= 11 is 0. The second-order valence-electron chi connectivity index (χ2n) is 4.12. The number of aromatic nitrogens is 1. The van der Waals surface area contributed by atoms with Crippen molar-refractivity contribution in [1.82, 2.24) is 10.3 Å². The lowest BCUT2D eigenvalue weighted by molar-refractivity contribution is 0.371. The Labute approximate surface area is 93.1 Å². The third-order valence-electron chi connectivity index (χ3n) is 2.98. The zero-order valence-corrected chi connectivity index (χ0v) is 10.0. The Bertz CT molecular complexity index is 258. The standard InChI is InChI=1S/C13H22N2/c1-4-11(3)13(15-5-2)9-12-7-6-8-14-10-12/h6-8,10-11,13,15H,4-5,9H2,1-3H3. The molecule has 1 N–H and O–H groups in total. The van der Waals surface area contributed by atoms with Gasteiger partial charge in [-0.05, 0) is 30.5 Å². The first kappa shape index (κ1) is 12.2. The molecule has 0 saturated carbocycles. The summed E-state index contributed by atoms with van der Waals surface area (Å²) in [5.41, 5.74) is 1.32. The third kappa shape index (κ3) is 4.00. The molecule has 2 unspecified atom stereocenters. The number of hydrogen-bond donors (Lipinski definition) is 1. The number of hydrogen-bond acceptors (Lipinski definition) is 2. The maximum Gasteiger partial charge on any atom is 0.0300 e. The van der Waals surface area contributed by atoms with E-state index in [-0.39, 0.29) is 0 Å². The largest absolute Gasteiger partial charge is 0.314 e. The lowest BCUT2D eigenvalue weighted by atomic mass is 9.93. The highest BCUT2D eigenvalue weighted by Gasteiger charge is 2.14. The molecule has 0 aliphatic rings. The molecule has 0 aliphatic heterocycles. The van der Waals surface area contributed by atoms with E-state index in [0.29, 0.717) is 12.0 Å². The van der Waals surface area contributed by atoms with Gasteiger partial charge < -0.3 is 5.32 Å². The lowest BCUT2D eigenvalue weighted by Gasteiger charge is -2.23. The summed E-state index contributed by atoms with van der Waals surface area (Å²) in [5.74, 6) is 0.713. The molecule has 2 atom stereocenters. The van der Waals surface area contributed by atoms with Crippen LogP contribution in [0.1, 0.15) is 32.8 Å². The fourth-order valence-corrected chi connectivity index (χ4v) is 1.79. The molecule has 0 saturated heterocycles. The molecular formula is C13H22N2. The van der Waals surface area contributed by atoms with Gasteiger partial charge in [-0.15, -0.1) is 0 Å². The average Bonchev–Trinajstić information content (AvgIpc) is 2.29. The molecule has 0 aromatic carbocycles. The van der Waals surface area contributed by atoms with Crippen molar-refractivity contribution in [2.45, 2.75) is 39.7 Å². The molecule has 1 heterocycles. The van der Waals surface area contributed by atoms with Crippen molar-refractivity contribution in [1.29, 1.82) is 0 Å². The van der Waals surface area contributed by atoms with Crippen LogP contribution in [0.15, 0.2) is 24.5 Å². The Balaban J connectivity index is 2.58. The highest BCUT2D eigenvalue weighted by Crippen LogP contribution is 2.12. The molecule has 0 aliphatic carbocycles. The van der Waals surface area contributed by atoms with Gasteiger partial charge in [0, 0.05) is 18.4 Å². The number of nitrogens with one attached hydrogen (secondary N) is 1. The van der Waals surface area contributed by atoms with Gasteiger partial charge in [0.2, 0.25) is 0 Å². The third-order valence-corrected chi connectivity index (χ3v) is 2.98. The van der Waals surface area contributed by atoms with Gasteiger partial charge in [-0.3, -0.25) is 4.98 Å². The Hall–Kier alpha value is -0.890. The monoisotopic (exact) mass is 206 g/mol. The van der Waals surface area contributed by atoms with E-state index in [1.807, 2.05) is 18.5 Å². The number of pyridine rings is 1. The van der Waals surface area contributed by atoms with Gasteiger partial charge in [-0.25, -0.2) is 0 Å². The Morgan fingerprint density at radius 3 is 2.73 bits per heavy atom. The zero-order valence-electron chi connectivity index (χ0n) is 10.0. The van der Waals surface area contributed by atoms with Crippen LogP contribution in [-0.4, -0.2) is 17.6 Å². The maximum atomic E-state index is 4.16. The summed E-state index contributed by atoms with van der Waals surface area (Å²) in [6, 6.07) is 4.73. The molecule has 0 amide bonds. The van der Waals surface area contributed by atoms with Crippen molar-refractivity contribution >= 4 is 0 Å². The second-order valence-corrected chi connectivity index (χ2v) is 4.12. The van der Waals surface area contributed by atoms with Crippen LogP contribution in [0.4, 0.5) is 0 Å². The Morgan fingerprint density at radius 1 is 1.40 bits per heavy atom. The molecule has 0 radical (unpaired) electrons. The van der Waals surface area contributed by atoms with E-state index < -0.39 is 0 Å². The molecule has 0 fully saturated rings. The van der Waals surface area contributed by atoms with Crippen LogP contribution in [0.25, 0.3) is 0 Å². The van der Waals surface area contributed by atoms with Crippen molar-refractivity contribution < 1.29 is 0 Å². The van der Waals surface area contributed by atoms with Gasteiger partial charge in [0.1, 0.15) is 0 Å². The molecule has 0 spiro atoms. The van der Waals surface area contributed by atoms with Gasteiger partial charge in [0.15, 0.2) is 0 Å². The van der Waals surface area contributed by atoms with Crippen LogP contribution in [0, 0.1) is 5.92 Å². The molecule has 0 bridgehead atoms. The van der Waals surface area contributed by atoms with Crippen LogP contribution in [0.5, 0.6) is 0 Å². The highest BCUT2D eigenvalue weighted by atomic mass is 14.9. The predicted molar refractivity (Wildman–Crippen MR) is 64.9 cm³/mol. The number of nitrogens with zero attached hydrogens (tertiary/aromatic N) is 1. The van der Waals surface area contributed by atoms with Gasteiger partial charge in [-0.1, -0.05) is 33.3 Å². The van der Waals surface area contributed by atoms with Crippen LogP contribution < -0.4 is 5.32 Å². The Kier molecular flexibility index (Phi) is 5.33. The highest BCUT2D eigenvalue weighted by molar-refractivity contribution is 5.10. The fourth-order valence-electron chi connectivity index (χ4n) is 1.79. The summed E-state index contributed by atoms with van der Waals surface area (Å²) in [7, 11) is 0. The molecular weight excluding hydrogens is 184 g/mol. The predicted octanol–water partition coefficient (Wildman–Crippen LogP) is 2.65. The van der Waals surface area contributed by atoms with Crippen LogP contribution >= 0.6 is 0 Å². The lowest BCUT2D eigenvalue weighted by Crippen LogP contribution is -2.36. The molecule has 15 heavy (non-hydrogen) atoms. The van der Waals surface area contributed by atoms with Crippen molar-refractivity contribution in [3.05, 3.63) is 30.1 Å². The maximum absolute atomic E-state index is 4.16. The van der Waals surface area contributed by atoms with E-state index in [1.165, 1.54) is 12.0 Å². The van der Waals surface area contributed by atoms with E-state index in [4.69, 9.17) is 0 Å². The average molecular weight is 206 g/mol. The van der Waals surface area contributed by atoms with Gasteiger partial charge in [0.05, 0.1) is 0 Å². The van der Waals surface area contributed by atoms with Gasteiger partial charge in [-0.2, -0.15) is 0 Å². The summed E-state index contributed by atoms with van der Waals surface area (Å²) < 4.78 is 0. The SMILES string of the molecule is CCNC(Cc1cccnc1)C(C)CC. The fraction of sp³-hybridized carbons (Fsp3) is 0.615. The molecule has 1 aromatic heterocycles. The van der Waals surface area contributed by atoms with E-state index in [9.17, 15) is 0 Å². The first-order valence-corrected chi connectivity index (χ1v) is 5.90. The van der Waals surface area contributed by atoms with Gasteiger partial charge in [0.25, 0.3) is 0 Å². The van der Waals surface area contributed by atoms with E-state index in [2.05, 4.69) is 37.1 Å². The van der Waals surface area contributed by atoms with Crippen LogP contribution in [0.2, 0.25) is 0 Å². The molecule has 84 valence electrons. The van der Waals surface area contributed by atoms with Crippen molar-refractivity contribution in [2.24, 2.45) is 5.92 Å². The van der Waals surface area contributed by atoms with Gasteiger partial charge >= 0.3 is 0 Å². The van der Waals surface area contributed by atoms with E-state index in [0.717, 1.165) is 13.0 Å². The first-order chi connectivity index (χ1) is 7.27. The second kappa shape index (κ2) is 6.57. The zero-order chi connectivity index (χ0) is 11.1. The topological polar surface area (TPSA) is 24.9 Å². The van der Waals surface area contributed by atoms with E-state index in [1.54, 1.807) is 0 Å². The summed E-state index contributed by atoms with van der Waals surface area (Å²) in [4.78, 5) is 4.16. The van der Waals surface area contributed by atoms with Crippen molar-refractivity contribution in [3.63, 3.8) is 0 Å². The smallest absolute Gasteiger partial charge is 0.0300 e. The number of likely N-dealkylation sites (N-methyl/N-ethyl adjacent to an activating group) is 1. The minimum absolute atomic E-state index is 0.573. The number of rotatable bonds is 6. The molecule has 2 heteroatoms. The molecule has 1 rings (SSSR count). The molecule has 1 aromatic rings. The minimum atomic E-state index is 0.573. The van der Waals surface area contributed by atoms with Crippen molar-refractivity contribution in [3.8, 4) is 0 Å². The van der Waals surface area contributed by atoms with E-state index >= 15 is 0 Å². The first-order valence-electron chi connectivity index (χ1n) is 5.90. The van der Waals surface area contributed by atoms with Crippen LogP contribution in [0.3, 0.4) is 0 Å². The van der Waals surface area contributed by atoms with Crippen LogP contribution in [-0.2, 0) is 6.42 Å². The quantitative estimate of drug-likeness (QED) is 0.774. The van der Waals surface area contributed by atoms with Crippen molar-refractivity contribution in [2.75, 3.05) is 6.54 Å². The normalized spacial score (nSPS) is 14.9. The Morgan fingerprint density at radius 2 is 2.20 bits per heavy atom. The minimum Gasteiger partial charge on any atom is -0.314 e. The summed E-state index contributed by atoms with van der Waals surface area (Å²) in [5, 5.41) is 3.55. The summed E-state index contributed by atoms with van der Waals surface area (Å²) in [6.07, 6.45) is 6.09. The summed E-state index contributed by atoms with van der Waals surface area (Å²) in [6.45, 7) is 7.76.